The van der Waals surface area contributed by atoms with Gasteiger partial charge < -0.3 is 5.32 Å². The summed E-state index contributed by atoms with van der Waals surface area (Å²) in [5, 5.41) is 5.00. The lowest BCUT2D eigenvalue weighted by Crippen LogP contribution is -1.91. The van der Waals surface area contributed by atoms with Crippen LogP contribution in [0.2, 0.25) is 5.02 Å². The topological polar surface area (TPSA) is 24.9 Å². The summed E-state index contributed by atoms with van der Waals surface area (Å²) in [5.41, 5.74) is 3.31. The van der Waals surface area contributed by atoms with Crippen molar-refractivity contribution in [1.29, 1.82) is 0 Å². The van der Waals surface area contributed by atoms with Crippen molar-refractivity contribution >= 4 is 66.6 Å². The molecule has 0 aliphatic carbocycles. The van der Waals surface area contributed by atoms with Crippen LogP contribution < -0.4 is 5.32 Å². The van der Waals surface area contributed by atoms with Crippen LogP contribution in [0.25, 0.3) is 10.2 Å². The van der Waals surface area contributed by atoms with E-state index in [9.17, 15) is 0 Å². The Morgan fingerprint density at radius 3 is 2.84 bits per heavy atom. The molecule has 0 saturated heterocycles. The van der Waals surface area contributed by atoms with Crippen LogP contribution in [0.5, 0.6) is 0 Å². The molecular weight excluding hydrogens is 391 g/mol. The van der Waals surface area contributed by atoms with E-state index in [1.807, 2.05) is 18.2 Å². The van der Waals surface area contributed by atoms with Gasteiger partial charge in [0.15, 0.2) is 5.13 Å². The number of thiazole rings is 1. The number of hydrogen-bond acceptors (Lipinski definition) is 3. The lowest BCUT2D eigenvalue weighted by Gasteiger charge is -2.05. The van der Waals surface area contributed by atoms with Gasteiger partial charge in [0, 0.05) is 8.59 Å². The maximum absolute atomic E-state index is 5.96. The molecule has 3 rings (SSSR count). The summed E-state index contributed by atoms with van der Waals surface area (Å²) < 4.78 is 2.28. The van der Waals surface area contributed by atoms with Gasteiger partial charge >= 0.3 is 0 Å². The molecule has 2 aromatic carbocycles. The third-order valence-electron chi connectivity index (χ3n) is 2.72. The Bertz CT molecular complexity index is 754. The molecule has 5 heteroatoms. The van der Waals surface area contributed by atoms with Crippen LogP contribution in [0.4, 0.5) is 10.8 Å². The number of anilines is 2. The first kappa shape index (κ1) is 13.1. The molecule has 0 unspecified atom stereocenters. The average molecular weight is 401 g/mol. The highest BCUT2D eigenvalue weighted by atomic mass is 127. The molecule has 1 N–H and O–H groups in total. The van der Waals surface area contributed by atoms with Crippen molar-refractivity contribution in [3.63, 3.8) is 0 Å². The molecule has 0 radical (unpaired) electrons. The zero-order valence-electron chi connectivity index (χ0n) is 10.1. The first-order valence-corrected chi connectivity index (χ1v) is 7.98. The standard InChI is InChI=1S/C14H10ClIN2S/c1-8-2-4-12-13(6-8)19-14(18-12)17-11-5-3-9(15)7-10(11)16/h2-7H,1H3,(H,17,18). The van der Waals surface area contributed by atoms with Gasteiger partial charge in [0.1, 0.15) is 0 Å². The van der Waals surface area contributed by atoms with E-state index in [4.69, 9.17) is 11.6 Å². The number of halogens is 2. The van der Waals surface area contributed by atoms with Crippen LogP contribution in [-0.2, 0) is 0 Å². The predicted octanol–water partition coefficient (Wildman–Crippen LogP) is 5.61. The van der Waals surface area contributed by atoms with Gasteiger partial charge in [-0.1, -0.05) is 29.0 Å². The van der Waals surface area contributed by atoms with Gasteiger partial charge in [0.05, 0.1) is 15.9 Å². The third-order valence-corrected chi connectivity index (χ3v) is 4.78. The van der Waals surface area contributed by atoms with E-state index in [-0.39, 0.29) is 0 Å². The Kier molecular flexibility index (Phi) is 3.64. The molecule has 0 amide bonds. The number of nitrogens with zero attached hydrogens (tertiary/aromatic N) is 1. The predicted molar refractivity (Wildman–Crippen MR) is 91.8 cm³/mol. The minimum absolute atomic E-state index is 0.745. The van der Waals surface area contributed by atoms with Crippen LogP contribution in [0.1, 0.15) is 5.56 Å². The van der Waals surface area contributed by atoms with Gasteiger partial charge in [-0.15, -0.1) is 0 Å². The van der Waals surface area contributed by atoms with Gasteiger partial charge in [0.2, 0.25) is 0 Å². The molecule has 96 valence electrons. The summed E-state index contributed by atoms with van der Waals surface area (Å²) in [6, 6.07) is 12.1. The lowest BCUT2D eigenvalue weighted by molar-refractivity contribution is 1.42. The van der Waals surface area contributed by atoms with Crippen LogP contribution in [0, 0.1) is 10.5 Å². The summed E-state index contributed by atoms with van der Waals surface area (Å²) in [6.07, 6.45) is 0. The zero-order valence-corrected chi connectivity index (χ0v) is 13.8. The Labute approximate surface area is 134 Å². The van der Waals surface area contributed by atoms with E-state index in [0.29, 0.717) is 0 Å². The molecule has 0 aliphatic heterocycles. The second-order valence-electron chi connectivity index (χ2n) is 4.24. The molecule has 0 spiro atoms. The van der Waals surface area contributed by atoms with Crippen LogP contribution in [-0.4, -0.2) is 4.98 Å². The van der Waals surface area contributed by atoms with Gasteiger partial charge in [-0.25, -0.2) is 4.98 Å². The highest BCUT2D eigenvalue weighted by Crippen LogP contribution is 2.31. The number of rotatable bonds is 2. The SMILES string of the molecule is Cc1ccc2nc(Nc3ccc(Cl)cc3I)sc2c1. The molecule has 3 aromatic rings. The van der Waals surface area contributed by atoms with Crippen LogP contribution >= 0.6 is 45.5 Å². The fraction of sp³-hybridized carbons (Fsp3) is 0.0714. The van der Waals surface area contributed by atoms with Crippen molar-refractivity contribution in [3.05, 3.63) is 50.6 Å². The molecule has 2 nitrogen and oxygen atoms in total. The van der Waals surface area contributed by atoms with Crippen molar-refractivity contribution in [2.45, 2.75) is 6.92 Å². The molecular formula is C14H10ClIN2S. The van der Waals surface area contributed by atoms with Gasteiger partial charge in [0.25, 0.3) is 0 Å². The van der Waals surface area contributed by atoms with E-state index in [1.54, 1.807) is 11.3 Å². The minimum atomic E-state index is 0.745. The maximum Gasteiger partial charge on any atom is 0.188 e. The quantitative estimate of drug-likeness (QED) is 0.566. The molecule has 1 aromatic heterocycles. The van der Waals surface area contributed by atoms with Crippen LogP contribution in [0.15, 0.2) is 36.4 Å². The highest BCUT2D eigenvalue weighted by molar-refractivity contribution is 14.1. The average Bonchev–Trinajstić information content (AvgIpc) is 2.74. The zero-order chi connectivity index (χ0) is 13.4. The number of nitrogens with one attached hydrogen (secondary N) is 1. The van der Waals surface area contributed by atoms with Crippen molar-refractivity contribution in [2.75, 3.05) is 5.32 Å². The molecule has 0 bridgehead atoms. The fourth-order valence-electron chi connectivity index (χ4n) is 1.79. The molecule has 19 heavy (non-hydrogen) atoms. The largest absolute Gasteiger partial charge is 0.331 e. The Morgan fingerprint density at radius 2 is 2.05 bits per heavy atom. The lowest BCUT2D eigenvalue weighted by atomic mass is 10.2. The third kappa shape index (κ3) is 2.85. The minimum Gasteiger partial charge on any atom is -0.331 e. The number of fused-ring (bicyclic) bond motifs is 1. The first-order chi connectivity index (χ1) is 9.11. The number of hydrogen-bond donors (Lipinski definition) is 1. The number of aryl methyl sites for hydroxylation is 1. The van der Waals surface area contributed by atoms with E-state index in [2.05, 4.69) is 58.0 Å². The molecule has 0 aliphatic rings. The van der Waals surface area contributed by atoms with Crippen molar-refractivity contribution in [2.24, 2.45) is 0 Å². The molecule has 0 atom stereocenters. The van der Waals surface area contributed by atoms with Crippen molar-refractivity contribution in [3.8, 4) is 0 Å². The van der Waals surface area contributed by atoms with Gasteiger partial charge in [-0.2, -0.15) is 0 Å². The van der Waals surface area contributed by atoms with Gasteiger partial charge in [-0.05, 0) is 65.4 Å². The highest BCUT2D eigenvalue weighted by Gasteiger charge is 2.06. The second-order valence-corrected chi connectivity index (χ2v) is 6.87. The second kappa shape index (κ2) is 5.26. The summed E-state index contributed by atoms with van der Waals surface area (Å²) >= 11 is 9.88. The summed E-state index contributed by atoms with van der Waals surface area (Å²) in [4.78, 5) is 4.58. The Hall–Kier alpha value is -0.850. The smallest absolute Gasteiger partial charge is 0.188 e. The van der Waals surface area contributed by atoms with Gasteiger partial charge in [-0.3, -0.25) is 0 Å². The first-order valence-electron chi connectivity index (χ1n) is 5.71. The normalized spacial score (nSPS) is 10.9. The van der Waals surface area contributed by atoms with E-state index >= 15 is 0 Å². The van der Waals surface area contributed by atoms with E-state index in [1.165, 1.54) is 10.3 Å². The number of aromatic nitrogens is 1. The van der Waals surface area contributed by atoms with E-state index in [0.717, 1.165) is 24.9 Å². The summed E-state index contributed by atoms with van der Waals surface area (Å²) in [6.45, 7) is 2.09. The van der Waals surface area contributed by atoms with Crippen molar-refractivity contribution in [1.82, 2.24) is 4.98 Å². The number of benzene rings is 2. The molecule has 1 heterocycles. The summed E-state index contributed by atoms with van der Waals surface area (Å²) in [7, 11) is 0. The Morgan fingerprint density at radius 1 is 1.21 bits per heavy atom. The van der Waals surface area contributed by atoms with Crippen LogP contribution in [0.3, 0.4) is 0 Å². The van der Waals surface area contributed by atoms with E-state index < -0.39 is 0 Å². The van der Waals surface area contributed by atoms with Crippen molar-refractivity contribution < 1.29 is 0 Å². The fourth-order valence-corrected chi connectivity index (χ4v) is 3.77. The summed E-state index contributed by atoms with van der Waals surface area (Å²) in [5.74, 6) is 0. The monoisotopic (exact) mass is 400 g/mol. The Balaban J connectivity index is 1.96. The molecule has 0 saturated carbocycles. The molecule has 0 fully saturated rings. The maximum atomic E-state index is 5.96.